The first-order valence-corrected chi connectivity index (χ1v) is 17.5. The van der Waals surface area contributed by atoms with E-state index in [1.54, 1.807) is 22.3 Å². The third kappa shape index (κ3) is 5.00. The Hall–Kier alpha value is -3.47. The van der Waals surface area contributed by atoms with E-state index < -0.39 is 23.1 Å². The van der Waals surface area contributed by atoms with E-state index in [1.165, 1.54) is 19.4 Å². The van der Waals surface area contributed by atoms with Gasteiger partial charge in [-0.2, -0.15) is 0 Å². The molecule has 2 unspecified atom stereocenters. The van der Waals surface area contributed by atoms with Crippen molar-refractivity contribution in [2.24, 2.45) is 0 Å². The monoisotopic (exact) mass is 704 g/mol. The van der Waals surface area contributed by atoms with Gasteiger partial charge >= 0.3 is 11.9 Å². The molecule has 8 nitrogen and oxygen atoms in total. The number of carbonyl (C=O) groups is 3. The highest BCUT2D eigenvalue weighted by atomic mass is 79.9. The molecule has 1 saturated carbocycles. The standard InChI is InChI=1S/C36H37BrN2O6S/c1-22(40)43-29-11-9-25-19-30-36(45-23(2)41)15-13-28(38(3)31(42)12-10-27-20-26(37)21-46-27)34-35(36,32(25)33(29)44-34)16-18-39(30)17-14-24-7-5-4-6-8-24/h4-12,20-21,28,30,34H,13-19H2,1-3H3/b12-10+/t28?,30-,34?,35+,36-/m1/s1. The van der Waals surface area contributed by atoms with E-state index in [-0.39, 0.29) is 24.0 Å². The molecule has 1 spiro atoms. The van der Waals surface area contributed by atoms with Gasteiger partial charge in [0.05, 0.1) is 17.5 Å². The minimum Gasteiger partial charge on any atom is -0.483 e. The zero-order valence-electron chi connectivity index (χ0n) is 26.2. The van der Waals surface area contributed by atoms with Crippen molar-refractivity contribution >= 4 is 51.2 Å². The lowest BCUT2D eigenvalue weighted by Crippen LogP contribution is -2.79. The summed E-state index contributed by atoms with van der Waals surface area (Å²) in [4.78, 5) is 44.1. The number of rotatable bonds is 8. The molecule has 2 aromatic carbocycles. The molecular formula is C36H37BrN2O6S. The summed E-state index contributed by atoms with van der Waals surface area (Å²) in [5.41, 5.74) is 1.77. The average molecular weight is 706 g/mol. The van der Waals surface area contributed by atoms with E-state index in [0.717, 1.165) is 40.0 Å². The highest BCUT2D eigenvalue weighted by Crippen LogP contribution is 2.67. The van der Waals surface area contributed by atoms with Gasteiger partial charge in [-0.1, -0.05) is 36.4 Å². The van der Waals surface area contributed by atoms with Crippen LogP contribution in [0.2, 0.25) is 0 Å². The van der Waals surface area contributed by atoms with Crippen LogP contribution in [0.1, 0.15) is 54.7 Å². The van der Waals surface area contributed by atoms with Gasteiger partial charge in [0.25, 0.3) is 0 Å². The maximum atomic E-state index is 13.7. The van der Waals surface area contributed by atoms with Crippen LogP contribution in [0.5, 0.6) is 11.5 Å². The van der Waals surface area contributed by atoms with Crippen molar-refractivity contribution in [3.63, 3.8) is 0 Å². The summed E-state index contributed by atoms with van der Waals surface area (Å²) >= 11 is 5.04. The van der Waals surface area contributed by atoms with Gasteiger partial charge in [0, 0.05) is 53.8 Å². The van der Waals surface area contributed by atoms with E-state index in [9.17, 15) is 14.4 Å². The number of benzene rings is 2. The van der Waals surface area contributed by atoms with Crippen LogP contribution in [0.4, 0.5) is 0 Å². The third-order valence-electron chi connectivity index (χ3n) is 10.4. The highest BCUT2D eigenvalue weighted by Gasteiger charge is 2.75. The maximum absolute atomic E-state index is 13.7. The molecule has 5 atom stereocenters. The van der Waals surface area contributed by atoms with Gasteiger partial charge in [-0.05, 0) is 83.9 Å². The van der Waals surface area contributed by atoms with Gasteiger partial charge < -0.3 is 19.1 Å². The van der Waals surface area contributed by atoms with E-state index in [4.69, 9.17) is 14.2 Å². The van der Waals surface area contributed by atoms with Crippen molar-refractivity contribution in [1.82, 2.24) is 9.80 Å². The molecule has 240 valence electrons. The van der Waals surface area contributed by atoms with Crippen molar-refractivity contribution < 1.29 is 28.6 Å². The number of halogens is 1. The number of nitrogens with zero attached hydrogens (tertiary/aromatic N) is 2. The Kier molecular flexibility index (Phi) is 8.10. The summed E-state index contributed by atoms with van der Waals surface area (Å²) in [6, 6.07) is 15.9. The Bertz CT molecular complexity index is 1720. The van der Waals surface area contributed by atoms with Crippen LogP contribution in [0.15, 0.2) is 64.5 Å². The van der Waals surface area contributed by atoms with E-state index in [2.05, 4.69) is 45.1 Å². The summed E-state index contributed by atoms with van der Waals surface area (Å²) in [6.45, 7) is 4.49. The fraction of sp³-hybridized carbons (Fsp3) is 0.417. The van der Waals surface area contributed by atoms with Crippen molar-refractivity contribution in [3.8, 4) is 11.5 Å². The molecule has 2 bridgehead atoms. The number of hydrogen-bond donors (Lipinski definition) is 0. The normalized spacial score (nSPS) is 27.5. The Balaban J connectivity index is 1.31. The molecule has 1 amide bonds. The van der Waals surface area contributed by atoms with Crippen LogP contribution in [-0.2, 0) is 37.4 Å². The molecule has 1 saturated heterocycles. The Morgan fingerprint density at radius 2 is 1.93 bits per heavy atom. The number of likely N-dealkylation sites (tertiary alicyclic amines) is 1. The quantitative estimate of drug-likeness (QED) is 0.163. The number of amides is 1. The number of ether oxygens (including phenoxy) is 3. The SMILES string of the molecule is CC(=O)Oc1ccc2c3c1OC1C(N(C)C(=O)/C=C/c4cc(Br)cs4)CC[C@@]4(OC(C)=O)[C@@H](C2)N(CCc2ccccc2)CC[C@]314. The Labute approximate surface area is 281 Å². The minimum atomic E-state index is -0.870. The van der Waals surface area contributed by atoms with Crippen LogP contribution in [-0.4, -0.2) is 71.6 Å². The molecule has 2 fully saturated rings. The lowest BCUT2D eigenvalue weighted by atomic mass is 9.48. The minimum absolute atomic E-state index is 0.0721. The average Bonchev–Trinajstić information content (AvgIpc) is 3.60. The number of piperidine rings is 1. The molecule has 0 radical (unpaired) electrons. The van der Waals surface area contributed by atoms with Gasteiger partial charge in [-0.25, -0.2) is 0 Å². The van der Waals surface area contributed by atoms with Gasteiger partial charge in [-0.15, -0.1) is 11.3 Å². The fourth-order valence-corrected chi connectivity index (χ4v) is 10.0. The predicted octanol–water partition coefficient (Wildman–Crippen LogP) is 5.94. The summed E-state index contributed by atoms with van der Waals surface area (Å²) in [5, 5.41) is 1.98. The molecule has 10 heteroatoms. The fourth-order valence-electron chi connectivity index (χ4n) is 8.70. The topological polar surface area (TPSA) is 85.4 Å². The molecule has 3 heterocycles. The van der Waals surface area contributed by atoms with Crippen molar-refractivity contribution in [2.45, 2.75) is 75.2 Å². The van der Waals surface area contributed by atoms with Gasteiger partial charge in [-0.3, -0.25) is 19.3 Å². The highest BCUT2D eigenvalue weighted by molar-refractivity contribution is 9.10. The smallest absolute Gasteiger partial charge is 0.308 e. The van der Waals surface area contributed by atoms with Gasteiger partial charge in [0.2, 0.25) is 5.91 Å². The second-order valence-corrected chi connectivity index (χ2v) is 14.7. The Morgan fingerprint density at radius 1 is 1.13 bits per heavy atom. The van der Waals surface area contributed by atoms with E-state index in [0.29, 0.717) is 37.2 Å². The lowest BCUT2D eigenvalue weighted by molar-refractivity contribution is -0.223. The van der Waals surface area contributed by atoms with Crippen molar-refractivity contribution in [2.75, 3.05) is 20.1 Å². The molecule has 0 N–H and O–H groups in total. The molecule has 3 aromatic rings. The first kappa shape index (κ1) is 31.1. The van der Waals surface area contributed by atoms with E-state index >= 15 is 0 Å². The molecule has 1 aromatic heterocycles. The van der Waals surface area contributed by atoms with Gasteiger partial charge in [0.1, 0.15) is 11.7 Å². The number of likely N-dealkylation sites (N-methyl/N-ethyl adjacent to an activating group) is 1. The number of thiophene rings is 1. The van der Waals surface area contributed by atoms with Crippen LogP contribution in [0.25, 0.3) is 6.08 Å². The summed E-state index contributed by atoms with van der Waals surface area (Å²) in [5.74, 6) is 0.0225. The number of hydrogen-bond acceptors (Lipinski definition) is 8. The summed E-state index contributed by atoms with van der Waals surface area (Å²) in [6.07, 6.45) is 6.37. The second kappa shape index (κ2) is 12.0. The summed E-state index contributed by atoms with van der Waals surface area (Å²) in [7, 11) is 1.83. The molecule has 7 rings (SSSR count). The van der Waals surface area contributed by atoms with Crippen LogP contribution >= 0.6 is 27.3 Å². The van der Waals surface area contributed by atoms with Crippen molar-refractivity contribution in [3.05, 3.63) is 86.0 Å². The second-order valence-electron chi connectivity index (χ2n) is 12.8. The molecule has 2 aliphatic heterocycles. The Morgan fingerprint density at radius 3 is 2.65 bits per heavy atom. The number of carbonyl (C=O) groups excluding carboxylic acids is 3. The van der Waals surface area contributed by atoms with Gasteiger partial charge in [0.15, 0.2) is 11.5 Å². The third-order valence-corrected chi connectivity index (χ3v) is 12.1. The predicted molar refractivity (Wildman–Crippen MR) is 179 cm³/mol. The molecular weight excluding hydrogens is 668 g/mol. The molecule has 46 heavy (non-hydrogen) atoms. The van der Waals surface area contributed by atoms with Crippen LogP contribution in [0, 0.1) is 0 Å². The van der Waals surface area contributed by atoms with Crippen LogP contribution < -0.4 is 9.47 Å². The zero-order chi connectivity index (χ0) is 32.2. The van der Waals surface area contributed by atoms with Crippen molar-refractivity contribution in [1.29, 1.82) is 0 Å². The zero-order valence-corrected chi connectivity index (χ0v) is 28.6. The largest absolute Gasteiger partial charge is 0.483 e. The summed E-state index contributed by atoms with van der Waals surface area (Å²) < 4.78 is 20.2. The molecule has 4 aliphatic rings. The first-order valence-electron chi connectivity index (χ1n) is 15.8. The molecule has 2 aliphatic carbocycles. The maximum Gasteiger partial charge on any atom is 0.308 e. The van der Waals surface area contributed by atoms with Crippen LogP contribution in [0.3, 0.4) is 0 Å². The first-order chi connectivity index (χ1) is 22.1. The number of esters is 2. The lowest BCUT2D eigenvalue weighted by Gasteiger charge is -2.65. The van der Waals surface area contributed by atoms with E-state index in [1.807, 2.05) is 42.8 Å².